The van der Waals surface area contributed by atoms with Crippen molar-refractivity contribution in [3.63, 3.8) is 0 Å². The van der Waals surface area contributed by atoms with Gasteiger partial charge in [0, 0.05) is 43.7 Å². The third-order valence-corrected chi connectivity index (χ3v) is 8.36. The van der Waals surface area contributed by atoms with Gasteiger partial charge in [0.25, 0.3) is 0 Å². The molecule has 8 nitrogen and oxygen atoms in total. The second kappa shape index (κ2) is 15.5. The van der Waals surface area contributed by atoms with E-state index in [-0.39, 0.29) is 59.3 Å². The molecule has 1 N–H and O–H groups in total. The molecule has 4 aromatic rings. The number of carbonyl (C=O) groups is 1. The predicted octanol–water partition coefficient (Wildman–Crippen LogP) is 7.41. The Morgan fingerprint density at radius 2 is 1.81 bits per heavy atom. The maximum atomic E-state index is 14.5. The van der Waals surface area contributed by atoms with Gasteiger partial charge in [-0.25, -0.2) is 0 Å². The zero-order valence-electron chi connectivity index (χ0n) is 26.1. The van der Waals surface area contributed by atoms with E-state index in [4.69, 9.17) is 31.1 Å². The van der Waals surface area contributed by atoms with Crippen LogP contribution in [0.4, 0.5) is 13.2 Å². The van der Waals surface area contributed by atoms with Crippen LogP contribution in [-0.2, 0) is 19.4 Å². The predicted molar refractivity (Wildman–Crippen MR) is 173 cm³/mol. The summed E-state index contributed by atoms with van der Waals surface area (Å²) >= 11 is 6.42. The van der Waals surface area contributed by atoms with E-state index in [1.165, 1.54) is 30.5 Å². The Morgan fingerprint density at radius 1 is 1.04 bits per heavy atom. The number of halogens is 4. The lowest BCUT2D eigenvalue weighted by Crippen LogP contribution is -2.24. The first-order valence-corrected chi connectivity index (χ1v) is 15.7. The quantitative estimate of drug-likeness (QED) is 0.115. The third-order valence-electron chi connectivity index (χ3n) is 8.06. The maximum absolute atomic E-state index is 14.5. The van der Waals surface area contributed by atoms with Gasteiger partial charge >= 0.3 is 6.18 Å². The van der Waals surface area contributed by atoms with E-state index >= 15 is 0 Å². The Hall–Kier alpha value is -4.63. The number of aldehydes is 1. The molecule has 12 heteroatoms. The molecule has 1 fully saturated rings. The number of benzene rings is 3. The molecule has 1 saturated heterocycles. The molecule has 0 radical (unpaired) electrons. The van der Waals surface area contributed by atoms with Gasteiger partial charge < -0.3 is 24.2 Å². The average Bonchev–Trinajstić information content (AvgIpc) is 3.50. The number of aliphatic hydroxyl groups excluding tert-OH is 1. The van der Waals surface area contributed by atoms with E-state index in [0.29, 0.717) is 60.0 Å². The standard InChI is InChI=1S/C36H33ClF3N3O5/c1-23-26(22-48-34-15-33(27(20-44)14-31(34)37)47-21-25-13-24(16-41)17-42-18-25)5-2-6-29(23)30-7-3-8-32(35(30)36(38,39)40)46-12-4-10-43-11-9-28(45)19-43/h2-3,5-8,13-15,17-18,20,28,45H,4,9-12,19,21-22H2,1H3. The first-order valence-electron chi connectivity index (χ1n) is 15.3. The molecule has 2 heterocycles. The average molecular weight is 680 g/mol. The van der Waals surface area contributed by atoms with E-state index < -0.39 is 11.7 Å². The van der Waals surface area contributed by atoms with Gasteiger partial charge in [0.05, 0.1) is 28.9 Å². The summed E-state index contributed by atoms with van der Waals surface area (Å²) in [6.45, 7) is 3.76. The molecule has 5 rings (SSSR count). The van der Waals surface area contributed by atoms with Crippen molar-refractivity contribution < 1.29 is 37.3 Å². The van der Waals surface area contributed by atoms with E-state index in [1.54, 1.807) is 43.5 Å². The molecule has 0 amide bonds. The van der Waals surface area contributed by atoms with E-state index in [2.05, 4.69) is 9.88 Å². The lowest BCUT2D eigenvalue weighted by Gasteiger charge is -2.21. The minimum Gasteiger partial charge on any atom is -0.493 e. The smallest absolute Gasteiger partial charge is 0.420 e. The summed E-state index contributed by atoms with van der Waals surface area (Å²) in [5.41, 5.74) is 1.87. The minimum absolute atomic E-state index is 0.0129. The summed E-state index contributed by atoms with van der Waals surface area (Å²) in [5, 5.41) is 19.0. The minimum atomic E-state index is -4.68. The number of hydrogen-bond donors (Lipinski definition) is 1. The summed E-state index contributed by atoms with van der Waals surface area (Å²) in [6.07, 6.45) is -0.271. The highest BCUT2D eigenvalue weighted by Crippen LogP contribution is 2.44. The number of β-amino-alcohol motifs (C(OH)–C–C–N with tert-alkyl or cyclic N) is 1. The van der Waals surface area contributed by atoms with Gasteiger partial charge in [0.2, 0.25) is 0 Å². The fraction of sp³-hybridized carbons (Fsp3) is 0.306. The van der Waals surface area contributed by atoms with Crippen LogP contribution in [-0.4, -0.2) is 53.6 Å². The molecule has 0 saturated carbocycles. The molecule has 1 unspecified atom stereocenters. The fourth-order valence-corrected chi connectivity index (χ4v) is 5.83. The Morgan fingerprint density at radius 3 is 2.54 bits per heavy atom. The van der Waals surface area contributed by atoms with Gasteiger partial charge in [-0.2, -0.15) is 18.4 Å². The first kappa shape index (κ1) is 34.7. The Bertz CT molecular complexity index is 1810. The topological polar surface area (TPSA) is 105 Å². The monoisotopic (exact) mass is 679 g/mol. The van der Waals surface area contributed by atoms with Crippen molar-refractivity contribution in [1.82, 2.24) is 9.88 Å². The van der Waals surface area contributed by atoms with Gasteiger partial charge in [0.15, 0.2) is 6.29 Å². The number of alkyl halides is 3. The number of carbonyl (C=O) groups excluding carboxylic acids is 1. The van der Waals surface area contributed by atoms with Crippen LogP contribution in [0.15, 0.2) is 67.0 Å². The molecular weight excluding hydrogens is 647 g/mol. The third kappa shape index (κ3) is 8.44. The highest BCUT2D eigenvalue weighted by Gasteiger charge is 2.38. The van der Waals surface area contributed by atoms with Gasteiger partial charge in [-0.1, -0.05) is 41.9 Å². The van der Waals surface area contributed by atoms with Crippen LogP contribution < -0.4 is 14.2 Å². The number of aliphatic hydroxyl groups is 1. The van der Waals surface area contributed by atoms with Crippen LogP contribution in [0.3, 0.4) is 0 Å². The van der Waals surface area contributed by atoms with Crippen molar-refractivity contribution in [2.75, 3.05) is 26.2 Å². The van der Waals surface area contributed by atoms with Crippen LogP contribution >= 0.6 is 11.6 Å². The largest absolute Gasteiger partial charge is 0.493 e. The second-order valence-electron chi connectivity index (χ2n) is 11.4. The van der Waals surface area contributed by atoms with Crippen LogP contribution in [0.1, 0.15) is 51.0 Å². The fourth-order valence-electron chi connectivity index (χ4n) is 5.61. The molecule has 3 aromatic carbocycles. The normalized spacial score (nSPS) is 14.8. The summed E-state index contributed by atoms with van der Waals surface area (Å²) in [5.74, 6) is 0.162. The van der Waals surface area contributed by atoms with Crippen molar-refractivity contribution >= 4 is 17.9 Å². The molecular formula is C36H33ClF3N3O5. The number of likely N-dealkylation sites (tertiary alicyclic amines) is 1. The molecule has 1 atom stereocenters. The molecule has 0 aliphatic carbocycles. The van der Waals surface area contributed by atoms with Crippen LogP contribution in [0.2, 0.25) is 5.02 Å². The summed E-state index contributed by atoms with van der Waals surface area (Å²) in [4.78, 5) is 17.8. The summed E-state index contributed by atoms with van der Waals surface area (Å²) < 4.78 is 61.1. The first-order chi connectivity index (χ1) is 23.1. The number of hydrogen-bond acceptors (Lipinski definition) is 8. The maximum Gasteiger partial charge on any atom is 0.420 e. The lowest BCUT2D eigenvalue weighted by molar-refractivity contribution is -0.138. The molecule has 0 bridgehead atoms. The van der Waals surface area contributed by atoms with Crippen molar-refractivity contribution in [2.45, 2.75) is 45.3 Å². The van der Waals surface area contributed by atoms with Crippen LogP contribution in [0, 0.1) is 18.3 Å². The van der Waals surface area contributed by atoms with Crippen molar-refractivity contribution in [2.24, 2.45) is 0 Å². The SMILES string of the molecule is Cc1c(COc2cc(OCc3cncc(C#N)c3)c(C=O)cc2Cl)cccc1-c1cccc(OCCCN2CCC(O)C2)c1C(F)(F)F. The zero-order chi connectivity index (χ0) is 34.3. The number of rotatable bonds is 13. The van der Waals surface area contributed by atoms with Gasteiger partial charge in [-0.05, 0) is 60.2 Å². The number of ether oxygens (including phenoxy) is 3. The second-order valence-corrected chi connectivity index (χ2v) is 11.8. The van der Waals surface area contributed by atoms with Crippen molar-refractivity contribution in [1.29, 1.82) is 5.26 Å². The Balaban J connectivity index is 1.33. The summed E-state index contributed by atoms with van der Waals surface area (Å²) in [7, 11) is 0. The zero-order valence-corrected chi connectivity index (χ0v) is 26.9. The molecule has 250 valence electrons. The number of nitrogens with zero attached hydrogens (tertiary/aromatic N) is 3. The van der Waals surface area contributed by atoms with Crippen molar-refractivity contribution in [3.8, 4) is 34.4 Å². The van der Waals surface area contributed by atoms with E-state index in [1.807, 2.05) is 6.07 Å². The van der Waals surface area contributed by atoms with E-state index in [0.717, 1.165) is 6.54 Å². The molecule has 48 heavy (non-hydrogen) atoms. The molecule has 1 aliphatic heterocycles. The highest BCUT2D eigenvalue weighted by atomic mass is 35.5. The molecule has 1 aliphatic rings. The summed E-state index contributed by atoms with van der Waals surface area (Å²) in [6, 6.07) is 15.8. The van der Waals surface area contributed by atoms with Gasteiger partial charge in [-0.15, -0.1) is 0 Å². The van der Waals surface area contributed by atoms with Crippen LogP contribution in [0.25, 0.3) is 11.1 Å². The van der Waals surface area contributed by atoms with E-state index in [9.17, 15) is 23.1 Å². The number of pyridine rings is 1. The Labute approximate surface area is 281 Å². The number of nitriles is 1. The van der Waals surface area contributed by atoms with Crippen molar-refractivity contribution in [3.05, 3.63) is 105 Å². The number of aromatic nitrogens is 1. The van der Waals surface area contributed by atoms with Gasteiger partial charge in [-0.3, -0.25) is 9.78 Å². The lowest BCUT2D eigenvalue weighted by atomic mass is 9.92. The van der Waals surface area contributed by atoms with Crippen LogP contribution in [0.5, 0.6) is 17.2 Å². The van der Waals surface area contributed by atoms with Gasteiger partial charge in [0.1, 0.15) is 42.1 Å². The molecule has 0 spiro atoms. The highest BCUT2D eigenvalue weighted by molar-refractivity contribution is 6.32. The molecule has 1 aromatic heterocycles. The Kier molecular flexibility index (Phi) is 11.2.